The Morgan fingerprint density at radius 3 is 1.32 bits per heavy atom. The molecule has 0 saturated carbocycles. The summed E-state index contributed by atoms with van der Waals surface area (Å²) in [6.45, 7) is 4.18. The Hall–Kier alpha value is -2.40. The molecule has 0 amide bonds. The Bertz CT molecular complexity index is 531. The van der Waals surface area contributed by atoms with E-state index >= 15 is 0 Å². The van der Waals surface area contributed by atoms with E-state index in [1.54, 1.807) is 6.55 Å². The van der Waals surface area contributed by atoms with E-state index in [0.29, 0.717) is 0 Å². The standard InChI is InChI=1S/C12H10.C5H10O4Si/c1-3-7-11(8-4-1)12-9-5-2-6-10-12;1-4(6)8-10(3)9-5(2)7/h1-10H;10H,1-3H3. The number of hydrogen-bond acceptors (Lipinski definition) is 4. The molecule has 2 aromatic rings. The Balaban J connectivity index is 0.000000225. The maximum Gasteiger partial charge on any atom is 0.444 e. The van der Waals surface area contributed by atoms with E-state index < -0.39 is 21.2 Å². The minimum atomic E-state index is -2.02. The van der Waals surface area contributed by atoms with Crippen LogP contribution in [-0.2, 0) is 18.4 Å². The van der Waals surface area contributed by atoms with Crippen LogP contribution in [0.1, 0.15) is 13.8 Å². The quantitative estimate of drug-likeness (QED) is 0.815. The van der Waals surface area contributed by atoms with Crippen molar-refractivity contribution in [1.29, 1.82) is 0 Å². The maximum absolute atomic E-state index is 10.3. The van der Waals surface area contributed by atoms with E-state index in [1.165, 1.54) is 25.0 Å². The first-order valence-electron chi connectivity index (χ1n) is 6.94. The van der Waals surface area contributed by atoms with Crippen LogP contribution in [0.15, 0.2) is 60.7 Å². The van der Waals surface area contributed by atoms with Gasteiger partial charge in [0.1, 0.15) is 0 Å². The zero-order chi connectivity index (χ0) is 16.4. The molecule has 0 aromatic heterocycles. The molecule has 0 aliphatic rings. The SMILES string of the molecule is CC(=O)O[SiH](C)OC(C)=O.c1ccc(-c2ccccc2)cc1. The first-order chi connectivity index (χ1) is 10.5. The van der Waals surface area contributed by atoms with Crippen molar-refractivity contribution in [3.05, 3.63) is 60.7 Å². The van der Waals surface area contributed by atoms with Crippen LogP contribution in [0.2, 0.25) is 6.55 Å². The van der Waals surface area contributed by atoms with Crippen molar-refractivity contribution in [3.8, 4) is 11.1 Å². The van der Waals surface area contributed by atoms with Crippen molar-refractivity contribution in [2.75, 3.05) is 0 Å². The van der Waals surface area contributed by atoms with E-state index in [9.17, 15) is 9.59 Å². The maximum atomic E-state index is 10.3. The molecule has 0 spiro atoms. The zero-order valence-electron chi connectivity index (χ0n) is 13.0. The van der Waals surface area contributed by atoms with Crippen molar-refractivity contribution in [2.45, 2.75) is 20.4 Å². The molecule has 0 bridgehead atoms. The minimum Gasteiger partial charge on any atom is -0.487 e. The topological polar surface area (TPSA) is 52.6 Å². The number of carbonyl (C=O) groups is 2. The highest BCUT2D eigenvalue weighted by atomic mass is 28.3. The lowest BCUT2D eigenvalue weighted by atomic mass is 10.1. The minimum absolute atomic E-state index is 0.402. The van der Waals surface area contributed by atoms with Gasteiger partial charge in [-0.25, -0.2) is 0 Å². The fourth-order valence-electron chi connectivity index (χ4n) is 1.75. The summed E-state index contributed by atoms with van der Waals surface area (Å²) in [7, 11) is -2.02. The summed E-state index contributed by atoms with van der Waals surface area (Å²) in [4.78, 5) is 20.5. The lowest BCUT2D eigenvalue weighted by molar-refractivity contribution is -0.137. The third-order valence-corrected chi connectivity index (χ3v) is 3.87. The van der Waals surface area contributed by atoms with Crippen LogP contribution >= 0.6 is 0 Å². The summed E-state index contributed by atoms with van der Waals surface area (Å²) in [5.41, 5.74) is 2.55. The third kappa shape index (κ3) is 7.40. The lowest BCUT2D eigenvalue weighted by Crippen LogP contribution is -2.23. The van der Waals surface area contributed by atoms with Crippen LogP contribution in [0.25, 0.3) is 11.1 Å². The Morgan fingerprint density at radius 2 is 1.05 bits per heavy atom. The van der Waals surface area contributed by atoms with Crippen molar-refractivity contribution < 1.29 is 18.4 Å². The highest BCUT2D eigenvalue weighted by Gasteiger charge is 2.11. The summed E-state index contributed by atoms with van der Waals surface area (Å²) < 4.78 is 9.24. The van der Waals surface area contributed by atoms with Crippen molar-refractivity contribution in [2.24, 2.45) is 0 Å². The fraction of sp³-hybridized carbons (Fsp3) is 0.176. The summed E-state index contributed by atoms with van der Waals surface area (Å²) in [5.74, 6) is -0.805. The fourth-order valence-corrected chi connectivity index (χ4v) is 2.74. The molecule has 0 atom stereocenters. The molecule has 0 aliphatic carbocycles. The molecule has 0 saturated heterocycles. The van der Waals surface area contributed by atoms with Gasteiger partial charge in [-0.3, -0.25) is 9.59 Å². The van der Waals surface area contributed by atoms with Crippen molar-refractivity contribution >= 4 is 21.2 Å². The Kier molecular flexibility index (Phi) is 7.64. The average molecular weight is 316 g/mol. The van der Waals surface area contributed by atoms with Gasteiger partial charge in [0.05, 0.1) is 0 Å². The van der Waals surface area contributed by atoms with Gasteiger partial charge in [0.25, 0.3) is 11.9 Å². The zero-order valence-corrected chi connectivity index (χ0v) is 14.1. The van der Waals surface area contributed by atoms with Gasteiger partial charge in [-0.05, 0) is 17.7 Å². The van der Waals surface area contributed by atoms with Crippen LogP contribution in [-0.4, -0.2) is 21.2 Å². The third-order valence-electron chi connectivity index (χ3n) is 2.54. The molecule has 0 aliphatic heterocycles. The van der Waals surface area contributed by atoms with Gasteiger partial charge in [-0.15, -0.1) is 0 Å². The van der Waals surface area contributed by atoms with Crippen LogP contribution in [0.4, 0.5) is 0 Å². The second-order valence-corrected chi connectivity index (χ2v) is 6.13. The van der Waals surface area contributed by atoms with E-state index in [1.807, 2.05) is 12.1 Å². The second kappa shape index (κ2) is 9.52. The monoisotopic (exact) mass is 316 g/mol. The van der Waals surface area contributed by atoms with E-state index in [0.717, 1.165) is 0 Å². The lowest BCUT2D eigenvalue weighted by Gasteiger charge is -2.08. The molecule has 0 heterocycles. The molecule has 4 nitrogen and oxygen atoms in total. The van der Waals surface area contributed by atoms with Crippen LogP contribution in [0, 0.1) is 0 Å². The molecular weight excluding hydrogens is 296 g/mol. The normalized spacial score (nSPS) is 9.45. The predicted octanol–water partition coefficient (Wildman–Crippen LogP) is 3.32. The molecule has 22 heavy (non-hydrogen) atoms. The first-order valence-corrected chi connectivity index (χ1v) is 9.03. The molecule has 2 aromatic carbocycles. The molecule has 116 valence electrons. The second-order valence-electron chi connectivity index (χ2n) is 4.52. The molecule has 0 radical (unpaired) electrons. The molecular formula is C17H20O4Si. The van der Waals surface area contributed by atoms with Gasteiger partial charge in [-0.2, -0.15) is 0 Å². The number of carbonyl (C=O) groups excluding carboxylic acids is 2. The van der Waals surface area contributed by atoms with Gasteiger partial charge >= 0.3 is 9.28 Å². The van der Waals surface area contributed by atoms with Gasteiger partial charge in [0.15, 0.2) is 0 Å². The molecule has 5 heteroatoms. The van der Waals surface area contributed by atoms with E-state index in [4.69, 9.17) is 0 Å². The predicted molar refractivity (Wildman–Crippen MR) is 88.4 cm³/mol. The first kappa shape index (κ1) is 17.6. The van der Waals surface area contributed by atoms with Crippen LogP contribution in [0.3, 0.4) is 0 Å². The van der Waals surface area contributed by atoms with Gasteiger partial charge in [0, 0.05) is 13.8 Å². The highest BCUT2D eigenvalue weighted by Crippen LogP contribution is 2.17. The molecule has 0 unspecified atom stereocenters. The summed E-state index contributed by atoms with van der Waals surface area (Å²) >= 11 is 0. The van der Waals surface area contributed by atoms with Crippen molar-refractivity contribution in [3.63, 3.8) is 0 Å². The van der Waals surface area contributed by atoms with Gasteiger partial charge < -0.3 is 8.85 Å². The van der Waals surface area contributed by atoms with Crippen LogP contribution < -0.4 is 0 Å². The van der Waals surface area contributed by atoms with Crippen molar-refractivity contribution in [1.82, 2.24) is 0 Å². The van der Waals surface area contributed by atoms with E-state index in [2.05, 4.69) is 57.4 Å². The smallest absolute Gasteiger partial charge is 0.444 e. The number of benzene rings is 2. The Morgan fingerprint density at radius 1 is 0.727 bits per heavy atom. The molecule has 0 fully saturated rings. The highest BCUT2D eigenvalue weighted by molar-refractivity contribution is 6.47. The summed E-state index contributed by atoms with van der Waals surface area (Å²) in [6.07, 6.45) is 0. The molecule has 2 rings (SSSR count). The van der Waals surface area contributed by atoms with Gasteiger partial charge in [0.2, 0.25) is 0 Å². The van der Waals surface area contributed by atoms with Gasteiger partial charge in [-0.1, -0.05) is 60.7 Å². The summed E-state index contributed by atoms with van der Waals surface area (Å²) in [5, 5.41) is 0. The number of rotatable bonds is 3. The Labute approximate surface area is 132 Å². The summed E-state index contributed by atoms with van der Waals surface area (Å²) in [6, 6.07) is 20.8. The van der Waals surface area contributed by atoms with Crippen LogP contribution in [0.5, 0.6) is 0 Å². The molecule has 0 N–H and O–H groups in total. The number of hydrogen-bond donors (Lipinski definition) is 0. The van der Waals surface area contributed by atoms with E-state index in [-0.39, 0.29) is 0 Å². The largest absolute Gasteiger partial charge is 0.487 e. The average Bonchev–Trinajstić information content (AvgIpc) is 2.48.